The average Bonchev–Trinajstić information content (AvgIpc) is 2.93. The van der Waals surface area contributed by atoms with Crippen molar-refractivity contribution in [1.29, 1.82) is 0 Å². The molecular formula is C15H23N3S. The summed E-state index contributed by atoms with van der Waals surface area (Å²) in [6.45, 7) is 9.47. The van der Waals surface area contributed by atoms with Gasteiger partial charge >= 0.3 is 0 Å². The molecule has 4 heteroatoms. The standard InChI is InChI=1S/C15H23N3S/c1-5-12-8-13(18(6-2)17-12)9-14(16)15-7-10(3)11(4)19-15/h7-8,14H,5-6,9,16H2,1-4H3. The van der Waals surface area contributed by atoms with Crippen LogP contribution >= 0.6 is 11.3 Å². The zero-order valence-electron chi connectivity index (χ0n) is 12.2. The fourth-order valence-electron chi connectivity index (χ4n) is 2.24. The highest BCUT2D eigenvalue weighted by Gasteiger charge is 2.14. The lowest BCUT2D eigenvalue weighted by molar-refractivity contribution is 0.588. The number of rotatable bonds is 5. The highest BCUT2D eigenvalue weighted by molar-refractivity contribution is 7.12. The van der Waals surface area contributed by atoms with Gasteiger partial charge in [0, 0.05) is 34.5 Å². The van der Waals surface area contributed by atoms with Crippen LogP contribution in [0, 0.1) is 13.8 Å². The van der Waals surface area contributed by atoms with E-state index in [1.165, 1.54) is 21.0 Å². The molecule has 2 N–H and O–H groups in total. The van der Waals surface area contributed by atoms with Crippen molar-refractivity contribution in [3.63, 3.8) is 0 Å². The molecule has 1 unspecified atom stereocenters. The van der Waals surface area contributed by atoms with Crippen LogP contribution in [0.3, 0.4) is 0 Å². The molecule has 104 valence electrons. The van der Waals surface area contributed by atoms with Gasteiger partial charge in [0.2, 0.25) is 0 Å². The first-order valence-corrected chi connectivity index (χ1v) is 7.74. The smallest absolute Gasteiger partial charge is 0.0624 e. The molecule has 0 amide bonds. The third kappa shape index (κ3) is 3.07. The number of aromatic nitrogens is 2. The van der Waals surface area contributed by atoms with Crippen LogP contribution < -0.4 is 5.73 Å². The quantitative estimate of drug-likeness (QED) is 0.910. The summed E-state index contributed by atoms with van der Waals surface area (Å²) >= 11 is 1.81. The average molecular weight is 277 g/mol. The van der Waals surface area contributed by atoms with Crippen molar-refractivity contribution in [3.05, 3.63) is 38.8 Å². The molecular weight excluding hydrogens is 254 g/mol. The second-order valence-electron chi connectivity index (χ2n) is 4.99. The topological polar surface area (TPSA) is 43.8 Å². The first-order chi connectivity index (χ1) is 9.05. The zero-order valence-corrected chi connectivity index (χ0v) is 13.0. The largest absolute Gasteiger partial charge is 0.323 e. The Bertz CT molecular complexity index is 534. The monoisotopic (exact) mass is 277 g/mol. The van der Waals surface area contributed by atoms with Crippen molar-refractivity contribution < 1.29 is 0 Å². The second kappa shape index (κ2) is 5.88. The van der Waals surface area contributed by atoms with Crippen molar-refractivity contribution in [1.82, 2.24) is 9.78 Å². The van der Waals surface area contributed by atoms with Crippen molar-refractivity contribution in [2.75, 3.05) is 0 Å². The SMILES string of the molecule is CCc1cc(CC(N)c2cc(C)c(C)s2)n(CC)n1. The minimum atomic E-state index is 0.0732. The van der Waals surface area contributed by atoms with Gasteiger partial charge in [0.1, 0.15) is 0 Å². The summed E-state index contributed by atoms with van der Waals surface area (Å²) in [4.78, 5) is 2.64. The van der Waals surface area contributed by atoms with Crippen LogP contribution in [0.4, 0.5) is 0 Å². The molecule has 2 rings (SSSR count). The van der Waals surface area contributed by atoms with E-state index in [1.54, 1.807) is 0 Å². The molecule has 0 aromatic carbocycles. The van der Waals surface area contributed by atoms with Gasteiger partial charge in [-0.2, -0.15) is 5.10 Å². The maximum absolute atomic E-state index is 6.35. The molecule has 0 aliphatic heterocycles. The highest BCUT2D eigenvalue weighted by atomic mass is 32.1. The molecule has 0 spiro atoms. The summed E-state index contributed by atoms with van der Waals surface area (Å²) < 4.78 is 2.08. The van der Waals surface area contributed by atoms with Gasteiger partial charge in [0.15, 0.2) is 0 Å². The normalized spacial score (nSPS) is 12.9. The molecule has 0 fully saturated rings. The minimum Gasteiger partial charge on any atom is -0.323 e. The Kier molecular flexibility index (Phi) is 4.42. The Labute approximate surface area is 119 Å². The molecule has 0 radical (unpaired) electrons. The van der Waals surface area contributed by atoms with Gasteiger partial charge in [-0.15, -0.1) is 11.3 Å². The molecule has 1 atom stereocenters. The summed E-state index contributed by atoms with van der Waals surface area (Å²) in [6, 6.07) is 4.48. The van der Waals surface area contributed by atoms with Gasteiger partial charge in [-0.3, -0.25) is 4.68 Å². The molecule has 0 bridgehead atoms. The molecule has 3 nitrogen and oxygen atoms in total. The van der Waals surface area contributed by atoms with Crippen molar-refractivity contribution >= 4 is 11.3 Å². The second-order valence-corrected chi connectivity index (χ2v) is 6.28. The third-order valence-corrected chi connectivity index (χ3v) is 4.84. The van der Waals surface area contributed by atoms with E-state index >= 15 is 0 Å². The fourth-order valence-corrected chi connectivity index (χ4v) is 3.28. The van der Waals surface area contributed by atoms with Gasteiger partial charge in [0.25, 0.3) is 0 Å². The zero-order chi connectivity index (χ0) is 14.0. The maximum Gasteiger partial charge on any atom is 0.0624 e. The molecule has 2 heterocycles. The summed E-state index contributed by atoms with van der Waals surface area (Å²) in [5, 5.41) is 4.58. The van der Waals surface area contributed by atoms with Crippen LogP contribution in [0.1, 0.15) is 46.6 Å². The predicted molar refractivity (Wildman–Crippen MR) is 81.7 cm³/mol. The lowest BCUT2D eigenvalue weighted by atomic mass is 10.1. The summed E-state index contributed by atoms with van der Waals surface area (Å²) in [5.41, 5.74) is 10.1. The first kappa shape index (κ1) is 14.3. The van der Waals surface area contributed by atoms with E-state index in [2.05, 4.69) is 49.6 Å². The lowest BCUT2D eigenvalue weighted by Gasteiger charge is -2.10. The van der Waals surface area contributed by atoms with Crippen LogP contribution in [0.15, 0.2) is 12.1 Å². The van der Waals surface area contributed by atoms with E-state index in [9.17, 15) is 0 Å². The van der Waals surface area contributed by atoms with E-state index in [-0.39, 0.29) is 6.04 Å². The van der Waals surface area contributed by atoms with Crippen molar-refractivity contribution in [2.45, 2.75) is 53.1 Å². The van der Waals surface area contributed by atoms with Crippen molar-refractivity contribution in [2.24, 2.45) is 5.73 Å². The molecule has 0 saturated heterocycles. The van der Waals surface area contributed by atoms with Gasteiger partial charge in [-0.25, -0.2) is 0 Å². The number of hydrogen-bond donors (Lipinski definition) is 1. The molecule has 19 heavy (non-hydrogen) atoms. The van der Waals surface area contributed by atoms with Gasteiger partial charge in [-0.05, 0) is 44.9 Å². The Balaban J connectivity index is 2.18. The number of aryl methyl sites for hydroxylation is 4. The Hall–Kier alpha value is -1.13. The maximum atomic E-state index is 6.35. The van der Waals surface area contributed by atoms with Gasteiger partial charge in [0.05, 0.1) is 5.69 Å². The first-order valence-electron chi connectivity index (χ1n) is 6.93. The lowest BCUT2D eigenvalue weighted by Crippen LogP contribution is -2.15. The van der Waals surface area contributed by atoms with E-state index in [4.69, 9.17) is 5.73 Å². The van der Waals surface area contributed by atoms with Crippen LogP contribution in [-0.2, 0) is 19.4 Å². The minimum absolute atomic E-state index is 0.0732. The van der Waals surface area contributed by atoms with E-state index in [0.717, 1.165) is 25.1 Å². The van der Waals surface area contributed by atoms with Crippen LogP contribution in [-0.4, -0.2) is 9.78 Å². The summed E-state index contributed by atoms with van der Waals surface area (Å²) in [6.07, 6.45) is 1.84. The van der Waals surface area contributed by atoms with E-state index in [0.29, 0.717) is 0 Å². The Morgan fingerprint density at radius 3 is 2.58 bits per heavy atom. The van der Waals surface area contributed by atoms with Crippen LogP contribution in [0.5, 0.6) is 0 Å². The van der Waals surface area contributed by atoms with Crippen molar-refractivity contribution in [3.8, 4) is 0 Å². The van der Waals surface area contributed by atoms with Gasteiger partial charge < -0.3 is 5.73 Å². The Morgan fingerprint density at radius 1 is 1.32 bits per heavy atom. The van der Waals surface area contributed by atoms with Crippen LogP contribution in [0.2, 0.25) is 0 Å². The summed E-state index contributed by atoms with van der Waals surface area (Å²) in [5.74, 6) is 0. The number of hydrogen-bond acceptors (Lipinski definition) is 3. The summed E-state index contributed by atoms with van der Waals surface area (Å²) in [7, 11) is 0. The molecule has 2 aromatic heterocycles. The third-order valence-electron chi connectivity index (χ3n) is 3.56. The van der Waals surface area contributed by atoms with E-state index in [1.807, 2.05) is 11.3 Å². The number of nitrogens with two attached hydrogens (primary N) is 1. The number of thiophene rings is 1. The van der Waals surface area contributed by atoms with E-state index < -0.39 is 0 Å². The predicted octanol–water partition coefficient (Wildman–Crippen LogP) is 3.39. The highest BCUT2D eigenvalue weighted by Crippen LogP contribution is 2.27. The molecule has 0 saturated carbocycles. The van der Waals surface area contributed by atoms with Crippen LogP contribution in [0.25, 0.3) is 0 Å². The molecule has 0 aliphatic carbocycles. The molecule has 2 aromatic rings. The number of nitrogens with zero attached hydrogens (tertiary/aromatic N) is 2. The Morgan fingerprint density at radius 2 is 2.05 bits per heavy atom. The molecule has 0 aliphatic rings. The fraction of sp³-hybridized carbons (Fsp3) is 0.533. The van der Waals surface area contributed by atoms with Gasteiger partial charge in [-0.1, -0.05) is 6.92 Å².